The molecule has 2 aliphatic rings. The molecule has 142 valence electrons. The van der Waals surface area contributed by atoms with Crippen LogP contribution in [0.3, 0.4) is 0 Å². The van der Waals surface area contributed by atoms with Crippen molar-refractivity contribution in [2.75, 3.05) is 0 Å². The third kappa shape index (κ3) is 2.36. The van der Waals surface area contributed by atoms with E-state index in [0.717, 1.165) is 17.5 Å². The molecule has 0 N–H and O–H groups in total. The Morgan fingerprint density at radius 1 is 0.964 bits per heavy atom. The van der Waals surface area contributed by atoms with Crippen molar-refractivity contribution in [3.63, 3.8) is 0 Å². The summed E-state index contributed by atoms with van der Waals surface area (Å²) in [7, 11) is 0. The summed E-state index contributed by atoms with van der Waals surface area (Å²) in [5.74, 6) is 0.371. The molecule has 0 saturated heterocycles. The summed E-state index contributed by atoms with van der Waals surface area (Å²) in [6, 6.07) is 16.8. The van der Waals surface area contributed by atoms with Crippen molar-refractivity contribution >= 4 is 11.8 Å². The Bertz CT molecular complexity index is 998. The number of hydrogen-bond donors (Lipinski definition) is 0. The van der Waals surface area contributed by atoms with E-state index in [9.17, 15) is 9.59 Å². The van der Waals surface area contributed by atoms with Crippen LogP contribution in [-0.4, -0.2) is 11.8 Å². The fourth-order valence-corrected chi connectivity index (χ4v) is 4.97. The van der Waals surface area contributed by atoms with Crippen LogP contribution in [0.4, 0.5) is 0 Å². The molecule has 0 aliphatic heterocycles. The highest BCUT2D eigenvalue weighted by molar-refractivity contribution is 5.98. The molecule has 2 aromatic carbocycles. The second-order valence-electron chi connectivity index (χ2n) is 8.74. The quantitative estimate of drug-likeness (QED) is 0.566. The first-order valence-electron chi connectivity index (χ1n) is 9.60. The number of Topliss-reactive ketones (excluding diaryl/α,β-unsaturated/α-hetero) is 1. The molecule has 2 aliphatic carbocycles. The van der Waals surface area contributed by atoms with Gasteiger partial charge in [-0.05, 0) is 53.6 Å². The number of esters is 1. The summed E-state index contributed by atoms with van der Waals surface area (Å²) in [5, 5.41) is 8.90. The van der Waals surface area contributed by atoms with Crippen molar-refractivity contribution < 1.29 is 14.3 Å². The fraction of sp³-hybridized carbons (Fsp3) is 0.375. The molecule has 0 aromatic heterocycles. The molecule has 4 heteroatoms. The molecular weight excluding hydrogens is 350 g/mol. The van der Waals surface area contributed by atoms with Crippen molar-refractivity contribution in [3.05, 3.63) is 54.1 Å². The largest absolute Gasteiger partial charge is 0.426 e. The highest BCUT2D eigenvalue weighted by atomic mass is 16.5. The minimum atomic E-state index is -0.732. The lowest BCUT2D eigenvalue weighted by Crippen LogP contribution is -2.42. The van der Waals surface area contributed by atoms with Crippen LogP contribution in [0.25, 0.3) is 11.1 Å². The Kier molecular flexibility index (Phi) is 3.97. The van der Waals surface area contributed by atoms with Crippen LogP contribution in [0.2, 0.25) is 0 Å². The van der Waals surface area contributed by atoms with E-state index in [0.29, 0.717) is 17.7 Å². The number of nitrogens with zero attached hydrogens (tertiary/aromatic N) is 1. The average Bonchev–Trinajstić information content (AvgIpc) is 2.99. The number of nitriles is 1. The molecule has 2 atom stereocenters. The van der Waals surface area contributed by atoms with Crippen LogP contribution >= 0.6 is 0 Å². The maximum atomic E-state index is 13.1. The van der Waals surface area contributed by atoms with Crippen molar-refractivity contribution in [2.24, 2.45) is 16.2 Å². The first-order valence-corrected chi connectivity index (χ1v) is 9.60. The summed E-state index contributed by atoms with van der Waals surface area (Å²) in [6.07, 6.45) is 1.72. The van der Waals surface area contributed by atoms with E-state index in [4.69, 9.17) is 10.00 Å². The van der Waals surface area contributed by atoms with Crippen molar-refractivity contribution in [1.29, 1.82) is 5.26 Å². The van der Waals surface area contributed by atoms with Gasteiger partial charge in [-0.25, -0.2) is 0 Å². The summed E-state index contributed by atoms with van der Waals surface area (Å²) in [5.41, 5.74) is 1.01. The lowest BCUT2D eigenvalue weighted by molar-refractivity contribution is -0.151. The number of hydrogen-bond acceptors (Lipinski definition) is 4. The van der Waals surface area contributed by atoms with E-state index < -0.39 is 16.2 Å². The van der Waals surface area contributed by atoms with Crippen LogP contribution in [0.15, 0.2) is 48.5 Å². The molecule has 4 nitrogen and oxygen atoms in total. The number of benzene rings is 2. The van der Waals surface area contributed by atoms with Gasteiger partial charge in [0.05, 0.1) is 17.0 Å². The van der Waals surface area contributed by atoms with E-state index >= 15 is 0 Å². The van der Waals surface area contributed by atoms with E-state index in [1.165, 1.54) is 0 Å². The number of ketones is 1. The minimum Gasteiger partial charge on any atom is -0.426 e. The van der Waals surface area contributed by atoms with Gasteiger partial charge < -0.3 is 4.74 Å². The molecule has 2 aromatic rings. The lowest BCUT2D eigenvalue weighted by Gasteiger charge is -2.37. The van der Waals surface area contributed by atoms with Crippen LogP contribution in [-0.2, 0) is 9.59 Å². The van der Waals surface area contributed by atoms with Crippen molar-refractivity contribution in [1.82, 2.24) is 0 Å². The average molecular weight is 373 g/mol. The van der Waals surface area contributed by atoms with Crippen LogP contribution < -0.4 is 4.74 Å². The third-order valence-electron chi connectivity index (χ3n) is 7.51. The van der Waals surface area contributed by atoms with Crippen LogP contribution in [0.1, 0.15) is 45.6 Å². The lowest BCUT2D eigenvalue weighted by atomic mass is 9.65. The van der Waals surface area contributed by atoms with Crippen LogP contribution in [0, 0.1) is 27.6 Å². The number of carbonyl (C=O) groups excluding carboxylic acids is 2. The zero-order chi connectivity index (χ0) is 20.2. The third-order valence-corrected chi connectivity index (χ3v) is 7.51. The Hall–Kier alpha value is -2.93. The van der Waals surface area contributed by atoms with Crippen molar-refractivity contribution in [3.8, 4) is 22.9 Å². The van der Waals surface area contributed by atoms with Gasteiger partial charge in [-0.1, -0.05) is 45.0 Å². The minimum absolute atomic E-state index is 0.178. The van der Waals surface area contributed by atoms with Gasteiger partial charge in [0.15, 0.2) is 0 Å². The van der Waals surface area contributed by atoms with E-state index in [2.05, 4.69) is 6.07 Å². The molecule has 2 bridgehead atoms. The molecule has 2 fully saturated rings. The first kappa shape index (κ1) is 18.4. The van der Waals surface area contributed by atoms with Gasteiger partial charge in [0.25, 0.3) is 0 Å². The Morgan fingerprint density at radius 2 is 1.54 bits per heavy atom. The molecule has 4 rings (SSSR count). The SMILES string of the molecule is CC1(C)[C@@]2(C(=O)Oc3ccc(-c4ccc(C#N)cc4)cc3)CC[C@]1(C)C(=O)C2. The second kappa shape index (κ2) is 6.04. The topological polar surface area (TPSA) is 67.2 Å². The van der Waals surface area contributed by atoms with Gasteiger partial charge >= 0.3 is 5.97 Å². The van der Waals surface area contributed by atoms with Gasteiger partial charge in [0.2, 0.25) is 0 Å². The summed E-state index contributed by atoms with van der Waals surface area (Å²) in [4.78, 5) is 25.7. The standard InChI is InChI=1S/C24H23NO3/c1-22(2)23(3)12-13-24(22,14-20(23)26)21(27)28-19-10-8-18(9-11-19)17-6-4-16(15-25)5-7-17/h4-11H,12-14H2,1-3H3/t23-,24+/m1/s1. The normalized spacial score (nSPS) is 27.4. The van der Waals surface area contributed by atoms with E-state index in [1.807, 2.05) is 45.0 Å². The maximum Gasteiger partial charge on any atom is 0.318 e. The molecule has 0 heterocycles. The fourth-order valence-electron chi connectivity index (χ4n) is 4.97. The van der Waals surface area contributed by atoms with E-state index in [-0.39, 0.29) is 18.2 Å². The molecule has 0 amide bonds. The summed E-state index contributed by atoms with van der Waals surface area (Å²) in [6.45, 7) is 6.05. The van der Waals surface area contributed by atoms with Crippen molar-refractivity contribution in [2.45, 2.75) is 40.0 Å². The number of carbonyl (C=O) groups is 2. The number of rotatable bonds is 3. The highest BCUT2D eigenvalue weighted by Crippen LogP contribution is 2.70. The van der Waals surface area contributed by atoms with Gasteiger partial charge in [-0.3, -0.25) is 9.59 Å². The predicted molar refractivity (Wildman–Crippen MR) is 105 cm³/mol. The highest BCUT2D eigenvalue weighted by Gasteiger charge is 2.73. The Morgan fingerprint density at radius 3 is 2.00 bits per heavy atom. The second-order valence-corrected chi connectivity index (χ2v) is 8.74. The molecule has 0 radical (unpaired) electrons. The Balaban J connectivity index is 1.54. The first-order chi connectivity index (χ1) is 13.2. The van der Waals surface area contributed by atoms with Crippen LogP contribution in [0.5, 0.6) is 5.75 Å². The van der Waals surface area contributed by atoms with Gasteiger partial charge in [-0.15, -0.1) is 0 Å². The molecule has 2 saturated carbocycles. The Labute approximate surface area is 165 Å². The smallest absolute Gasteiger partial charge is 0.318 e. The number of ether oxygens (including phenoxy) is 1. The van der Waals surface area contributed by atoms with E-state index in [1.54, 1.807) is 24.3 Å². The molecule has 0 spiro atoms. The summed E-state index contributed by atoms with van der Waals surface area (Å²) >= 11 is 0. The van der Waals surface area contributed by atoms with Gasteiger partial charge in [-0.2, -0.15) is 5.26 Å². The monoisotopic (exact) mass is 373 g/mol. The predicted octanol–water partition coefficient (Wildman–Crippen LogP) is 4.92. The number of fused-ring (bicyclic) bond motifs is 2. The maximum absolute atomic E-state index is 13.1. The summed E-state index contributed by atoms with van der Waals surface area (Å²) < 4.78 is 5.74. The van der Waals surface area contributed by atoms with Gasteiger partial charge in [0, 0.05) is 11.8 Å². The zero-order valence-electron chi connectivity index (χ0n) is 16.4. The molecule has 28 heavy (non-hydrogen) atoms. The molecular formula is C24H23NO3. The van der Waals surface area contributed by atoms with Gasteiger partial charge in [0.1, 0.15) is 11.5 Å². The molecule has 0 unspecified atom stereocenters. The zero-order valence-corrected chi connectivity index (χ0v) is 16.4.